The van der Waals surface area contributed by atoms with Crippen LogP contribution in [0.25, 0.3) is 33.2 Å². The summed E-state index contributed by atoms with van der Waals surface area (Å²) in [5.74, 6) is 0. The second kappa shape index (κ2) is 9.86. The van der Waals surface area contributed by atoms with Crippen LogP contribution in [0, 0.1) is 0 Å². The number of fused-ring (bicyclic) bond motifs is 1. The summed E-state index contributed by atoms with van der Waals surface area (Å²) in [5, 5.41) is 2.69. The Morgan fingerprint density at radius 3 is 2.42 bits per heavy atom. The maximum Gasteiger partial charge on any atom is 0.0501 e. The van der Waals surface area contributed by atoms with Crippen LogP contribution in [0.3, 0.4) is 0 Å². The number of hydrogen-bond donors (Lipinski definition) is 0. The second-order valence-electron chi connectivity index (χ2n) is 8.87. The van der Waals surface area contributed by atoms with Crippen LogP contribution in [-0.2, 0) is 6.54 Å². The van der Waals surface area contributed by atoms with Crippen molar-refractivity contribution in [2.45, 2.75) is 13.0 Å². The van der Waals surface area contributed by atoms with E-state index in [-0.39, 0.29) is 0 Å². The monoisotopic (exact) mass is 478 g/mol. The SMILES string of the molecule is CN1CCN(CCCn2cc(-c3cncc(-c4cccc(Cl)c4)c3)c3ccc(Cl)cc32)CC1. The van der Waals surface area contributed by atoms with Crippen molar-refractivity contribution in [3.8, 4) is 22.3 Å². The highest BCUT2D eigenvalue weighted by atomic mass is 35.5. The highest BCUT2D eigenvalue weighted by molar-refractivity contribution is 6.31. The minimum Gasteiger partial charge on any atom is -0.347 e. The molecule has 0 unspecified atom stereocenters. The molecular formula is C27H28Cl2N4. The highest BCUT2D eigenvalue weighted by Gasteiger charge is 2.15. The number of likely N-dealkylation sites (N-methyl/N-ethyl adjacent to an activating group) is 1. The topological polar surface area (TPSA) is 24.3 Å². The van der Waals surface area contributed by atoms with E-state index in [1.807, 2.05) is 36.7 Å². The number of pyridine rings is 1. The molecule has 4 nitrogen and oxygen atoms in total. The van der Waals surface area contributed by atoms with Crippen LogP contribution in [0.15, 0.2) is 67.1 Å². The zero-order chi connectivity index (χ0) is 22.8. The van der Waals surface area contributed by atoms with Crippen LogP contribution in [0.4, 0.5) is 0 Å². The molecule has 2 aromatic carbocycles. The third-order valence-corrected chi connectivity index (χ3v) is 6.99. The zero-order valence-corrected chi connectivity index (χ0v) is 20.4. The van der Waals surface area contributed by atoms with Crippen LogP contribution >= 0.6 is 23.2 Å². The third-order valence-electron chi connectivity index (χ3n) is 6.52. The lowest BCUT2D eigenvalue weighted by atomic mass is 10.0. The summed E-state index contributed by atoms with van der Waals surface area (Å²) >= 11 is 12.6. The first-order valence-corrected chi connectivity index (χ1v) is 12.2. The first-order chi connectivity index (χ1) is 16.1. The first kappa shape index (κ1) is 22.4. The number of piperazine rings is 1. The minimum atomic E-state index is 0.726. The first-order valence-electron chi connectivity index (χ1n) is 11.5. The van der Waals surface area contributed by atoms with Crippen molar-refractivity contribution >= 4 is 34.1 Å². The molecule has 0 N–H and O–H groups in total. The summed E-state index contributed by atoms with van der Waals surface area (Å²) in [7, 11) is 2.20. The molecule has 0 spiro atoms. The largest absolute Gasteiger partial charge is 0.347 e. The molecule has 2 aromatic heterocycles. The molecule has 0 atom stereocenters. The molecule has 0 saturated carbocycles. The molecule has 1 aliphatic heterocycles. The molecule has 6 heteroatoms. The van der Waals surface area contributed by atoms with Gasteiger partial charge in [-0.3, -0.25) is 4.98 Å². The van der Waals surface area contributed by atoms with Crippen LogP contribution in [-0.4, -0.2) is 59.1 Å². The molecule has 0 amide bonds. The molecule has 0 aliphatic carbocycles. The fourth-order valence-corrected chi connectivity index (χ4v) is 4.99. The number of aromatic nitrogens is 2. The predicted molar refractivity (Wildman–Crippen MR) is 139 cm³/mol. The lowest BCUT2D eigenvalue weighted by Gasteiger charge is -2.32. The van der Waals surface area contributed by atoms with Gasteiger partial charge in [0.25, 0.3) is 0 Å². The van der Waals surface area contributed by atoms with Crippen molar-refractivity contribution in [3.63, 3.8) is 0 Å². The Bertz CT molecular complexity index is 1260. The normalized spacial score (nSPS) is 15.4. The van der Waals surface area contributed by atoms with E-state index in [2.05, 4.69) is 56.9 Å². The van der Waals surface area contributed by atoms with Gasteiger partial charge in [-0.2, -0.15) is 0 Å². The standard InChI is InChI=1S/C27H28Cl2N4/c1-31-10-12-32(13-11-31)8-3-9-33-19-26(25-7-6-24(29)16-27(25)33)22-14-21(17-30-18-22)20-4-2-5-23(28)15-20/h2,4-7,14-19H,3,8-13H2,1H3. The third kappa shape index (κ3) is 5.10. The average Bonchev–Trinajstić information content (AvgIpc) is 3.18. The molecule has 1 fully saturated rings. The Morgan fingerprint density at radius 2 is 1.61 bits per heavy atom. The molecule has 170 valence electrons. The van der Waals surface area contributed by atoms with Gasteiger partial charge in [0.2, 0.25) is 0 Å². The van der Waals surface area contributed by atoms with Gasteiger partial charge in [-0.1, -0.05) is 41.4 Å². The maximum atomic E-state index is 6.38. The van der Waals surface area contributed by atoms with Gasteiger partial charge in [0.1, 0.15) is 0 Å². The van der Waals surface area contributed by atoms with E-state index in [4.69, 9.17) is 23.2 Å². The van der Waals surface area contributed by atoms with Crippen LogP contribution in [0.5, 0.6) is 0 Å². The van der Waals surface area contributed by atoms with Gasteiger partial charge >= 0.3 is 0 Å². The molecule has 4 aromatic rings. The van der Waals surface area contributed by atoms with Gasteiger partial charge < -0.3 is 14.4 Å². The van der Waals surface area contributed by atoms with Crippen molar-refractivity contribution in [3.05, 3.63) is 77.2 Å². The van der Waals surface area contributed by atoms with E-state index in [1.54, 1.807) is 0 Å². The van der Waals surface area contributed by atoms with Gasteiger partial charge in [-0.05, 0) is 55.9 Å². The van der Waals surface area contributed by atoms with E-state index in [0.717, 1.165) is 72.4 Å². The fourth-order valence-electron chi connectivity index (χ4n) is 4.63. The molecule has 1 saturated heterocycles. The number of rotatable bonds is 6. The molecule has 0 radical (unpaired) electrons. The number of aryl methyl sites for hydroxylation is 1. The highest BCUT2D eigenvalue weighted by Crippen LogP contribution is 2.34. The Labute approximate surface area is 205 Å². The summed E-state index contributed by atoms with van der Waals surface area (Å²) < 4.78 is 2.35. The molecule has 33 heavy (non-hydrogen) atoms. The smallest absolute Gasteiger partial charge is 0.0501 e. The number of nitrogens with zero attached hydrogens (tertiary/aromatic N) is 4. The quantitative estimate of drug-likeness (QED) is 0.324. The molecule has 1 aliphatic rings. The van der Waals surface area contributed by atoms with Crippen molar-refractivity contribution in [2.75, 3.05) is 39.8 Å². The lowest BCUT2D eigenvalue weighted by Crippen LogP contribution is -2.44. The van der Waals surface area contributed by atoms with Gasteiger partial charge in [0, 0.05) is 83.4 Å². The molecule has 0 bridgehead atoms. The average molecular weight is 479 g/mol. The van der Waals surface area contributed by atoms with Crippen LogP contribution in [0.2, 0.25) is 10.0 Å². The van der Waals surface area contributed by atoms with Crippen molar-refractivity contribution in [1.82, 2.24) is 19.4 Å². The molecule has 5 rings (SSSR count). The van der Waals surface area contributed by atoms with Crippen molar-refractivity contribution in [1.29, 1.82) is 0 Å². The second-order valence-corrected chi connectivity index (χ2v) is 9.74. The van der Waals surface area contributed by atoms with Crippen molar-refractivity contribution < 1.29 is 0 Å². The number of benzene rings is 2. The summed E-state index contributed by atoms with van der Waals surface area (Å²) in [5.41, 5.74) is 5.56. The fraction of sp³-hybridized carbons (Fsp3) is 0.296. The van der Waals surface area contributed by atoms with Crippen LogP contribution in [0.1, 0.15) is 6.42 Å². The van der Waals surface area contributed by atoms with Gasteiger partial charge in [-0.15, -0.1) is 0 Å². The number of hydrogen-bond acceptors (Lipinski definition) is 3. The predicted octanol–water partition coefficient (Wildman–Crippen LogP) is 6.31. The Balaban J connectivity index is 1.43. The van der Waals surface area contributed by atoms with E-state index in [9.17, 15) is 0 Å². The van der Waals surface area contributed by atoms with Crippen molar-refractivity contribution in [2.24, 2.45) is 0 Å². The summed E-state index contributed by atoms with van der Waals surface area (Å²) in [4.78, 5) is 9.51. The van der Waals surface area contributed by atoms with Gasteiger partial charge in [0.15, 0.2) is 0 Å². The summed E-state index contributed by atoms with van der Waals surface area (Å²) in [6.07, 6.45) is 7.19. The lowest BCUT2D eigenvalue weighted by molar-refractivity contribution is 0.151. The summed E-state index contributed by atoms with van der Waals surface area (Å²) in [6, 6.07) is 16.3. The minimum absolute atomic E-state index is 0.726. The number of halogens is 2. The van der Waals surface area contributed by atoms with E-state index in [1.165, 1.54) is 16.5 Å². The van der Waals surface area contributed by atoms with E-state index in [0.29, 0.717) is 0 Å². The summed E-state index contributed by atoms with van der Waals surface area (Å²) in [6.45, 7) is 6.70. The molecule has 3 heterocycles. The van der Waals surface area contributed by atoms with E-state index >= 15 is 0 Å². The Morgan fingerprint density at radius 1 is 0.818 bits per heavy atom. The van der Waals surface area contributed by atoms with Gasteiger partial charge in [0.05, 0.1) is 5.52 Å². The van der Waals surface area contributed by atoms with Gasteiger partial charge in [-0.25, -0.2) is 0 Å². The zero-order valence-electron chi connectivity index (χ0n) is 18.8. The maximum absolute atomic E-state index is 6.38. The van der Waals surface area contributed by atoms with Crippen LogP contribution < -0.4 is 0 Å². The Hall–Kier alpha value is -2.37. The molecular weight excluding hydrogens is 451 g/mol. The van der Waals surface area contributed by atoms with E-state index < -0.39 is 0 Å². The Kier molecular flexibility index (Phi) is 6.70.